The van der Waals surface area contributed by atoms with Crippen molar-refractivity contribution in [1.82, 2.24) is 9.78 Å². The lowest BCUT2D eigenvalue weighted by molar-refractivity contribution is -0.151. The van der Waals surface area contributed by atoms with E-state index in [0.29, 0.717) is 17.7 Å². The highest BCUT2D eigenvalue weighted by Gasteiger charge is 2.24. The number of rotatable bonds is 6. The zero-order valence-corrected chi connectivity index (χ0v) is 9.38. The number of carboxylic acids is 1. The van der Waals surface area contributed by atoms with Crippen LogP contribution >= 0.6 is 0 Å². The Kier molecular flexibility index (Phi) is 4.45. The molecule has 1 heterocycles. The van der Waals surface area contributed by atoms with Crippen LogP contribution in [0.4, 0.5) is 0 Å². The van der Waals surface area contributed by atoms with Crippen LogP contribution in [0.3, 0.4) is 0 Å². The van der Waals surface area contributed by atoms with E-state index in [1.165, 1.54) is 0 Å². The summed E-state index contributed by atoms with van der Waals surface area (Å²) < 4.78 is 6.76. The van der Waals surface area contributed by atoms with Gasteiger partial charge in [-0.05, 0) is 13.3 Å². The number of carbonyl (C=O) groups is 1. The van der Waals surface area contributed by atoms with E-state index in [4.69, 9.17) is 14.9 Å². The van der Waals surface area contributed by atoms with Gasteiger partial charge in [0.15, 0.2) is 6.10 Å². The zero-order valence-electron chi connectivity index (χ0n) is 9.38. The van der Waals surface area contributed by atoms with Crippen molar-refractivity contribution in [2.75, 3.05) is 13.2 Å². The maximum absolute atomic E-state index is 11.0. The Hall–Kier alpha value is -1.40. The molecule has 90 valence electrons. The van der Waals surface area contributed by atoms with Crippen LogP contribution in [0.1, 0.15) is 23.8 Å². The lowest BCUT2D eigenvalue weighted by Crippen LogP contribution is -2.16. The molecule has 0 saturated heterocycles. The fourth-order valence-electron chi connectivity index (χ4n) is 1.44. The molecule has 0 bridgehead atoms. The second kappa shape index (κ2) is 5.62. The van der Waals surface area contributed by atoms with Gasteiger partial charge in [-0.2, -0.15) is 5.10 Å². The summed E-state index contributed by atoms with van der Waals surface area (Å²) in [4.78, 5) is 11.0. The smallest absolute Gasteiger partial charge is 0.337 e. The third kappa shape index (κ3) is 3.04. The summed E-state index contributed by atoms with van der Waals surface area (Å²) in [6.45, 7) is 1.93. The molecular formula is C10H16N2O4. The molecule has 1 aromatic rings. The van der Waals surface area contributed by atoms with Gasteiger partial charge in [-0.25, -0.2) is 4.79 Å². The van der Waals surface area contributed by atoms with Gasteiger partial charge in [-0.3, -0.25) is 4.68 Å². The molecule has 0 aromatic carbocycles. The van der Waals surface area contributed by atoms with Crippen LogP contribution in [-0.2, 0) is 16.6 Å². The summed E-state index contributed by atoms with van der Waals surface area (Å²) in [6, 6.07) is 0. The predicted molar refractivity (Wildman–Crippen MR) is 56.0 cm³/mol. The Morgan fingerprint density at radius 2 is 2.38 bits per heavy atom. The van der Waals surface area contributed by atoms with Gasteiger partial charge < -0.3 is 14.9 Å². The molecule has 0 aliphatic carbocycles. The molecule has 6 heteroatoms. The molecule has 0 radical (unpaired) electrons. The Bertz CT molecular complexity index is 362. The fourth-order valence-corrected chi connectivity index (χ4v) is 1.44. The highest BCUT2D eigenvalue weighted by Crippen LogP contribution is 2.20. The van der Waals surface area contributed by atoms with E-state index < -0.39 is 12.1 Å². The molecule has 0 aliphatic heterocycles. The first kappa shape index (κ1) is 12.7. The summed E-state index contributed by atoms with van der Waals surface area (Å²) in [6.07, 6.45) is 1.04. The maximum atomic E-state index is 11.0. The number of aliphatic hydroxyl groups is 1. The van der Waals surface area contributed by atoms with E-state index in [2.05, 4.69) is 5.10 Å². The first-order chi connectivity index (χ1) is 7.56. The molecule has 0 saturated carbocycles. The first-order valence-electron chi connectivity index (χ1n) is 5.01. The molecule has 1 atom stereocenters. The largest absolute Gasteiger partial charge is 0.479 e. The highest BCUT2D eigenvalue weighted by atomic mass is 16.5. The molecule has 1 rings (SSSR count). The quantitative estimate of drug-likeness (QED) is 0.682. The zero-order chi connectivity index (χ0) is 12.1. The second-order valence-electron chi connectivity index (χ2n) is 3.51. The average Bonchev–Trinajstić information content (AvgIpc) is 2.52. The van der Waals surface area contributed by atoms with E-state index in [1.807, 2.05) is 0 Å². The van der Waals surface area contributed by atoms with E-state index in [-0.39, 0.29) is 13.2 Å². The van der Waals surface area contributed by atoms with Crippen LogP contribution in [0.2, 0.25) is 0 Å². The third-order valence-electron chi connectivity index (χ3n) is 2.15. The van der Waals surface area contributed by atoms with Crippen LogP contribution < -0.4 is 0 Å². The SMILES string of the molecule is Cc1nn(C)cc1C(OCCCO)C(=O)O. The third-order valence-corrected chi connectivity index (χ3v) is 2.15. The average molecular weight is 228 g/mol. The van der Waals surface area contributed by atoms with Crippen molar-refractivity contribution in [3.63, 3.8) is 0 Å². The number of carboxylic acid groups (broad SMARTS) is 1. The summed E-state index contributed by atoms with van der Waals surface area (Å²) in [7, 11) is 1.73. The van der Waals surface area contributed by atoms with Crippen LogP contribution in [0.5, 0.6) is 0 Å². The second-order valence-corrected chi connectivity index (χ2v) is 3.51. The van der Waals surface area contributed by atoms with Crippen molar-refractivity contribution in [3.8, 4) is 0 Å². The minimum atomic E-state index is -1.05. The number of aliphatic carboxylic acids is 1. The van der Waals surface area contributed by atoms with Crippen molar-refractivity contribution >= 4 is 5.97 Å². The van der Waals surface area contributed by atoms with Gasteiger partial charge in [0.05, 0.1) is 12.3 Å². The standard InChI is InChI=1S/C10H16N2O4/c1-7-8(6-12(2)11-7)9(10(14)15)16-5-3-4-13/h6,9,13H,3-5H2,1-2H3,(H,14,15). The summed E-state index contributed by atoms with van der Waals surface area (Å²) in [5.74, 6) is -1.05. The lowest BCUT2D eigenvalue weighted by atomic mass is 10.1. The van der Waals surface area contributed by atoms with Gasteiger partial charge in [0.25, 0.3) is 0 Å². The normalized spacial score (nSPS) is 12.7. The van der Waals surface area contributed by atoms with Crippen molar-refractivity contribution in [2.45, 2.75) is 19.4 Å². The molecule has 2 N–H and O–H groups in total. The molecule has 0 fully saturated rings. The number of ether oxygens (including phenoxy) is 1. The van der Waals surface area contributed by atoms with Crippen molar-refractivity contribution in [3.05, 3.63) is 17.5 Å². The number of hydrogen-bond donors (Lipinski definition) is 2. The van der Waals surface area contributed by atoms with Crippen molar-refractivity contribution < 1.29 is 19.7 Å². The topological polar surface area (TPSA) is 84.6 Å². The fraction of sp³-hybridized carbons (Fsp3) is 0.600. The minimum Gasteiger partial charge on any atom is -0.479 e. The molecular weight excluding hydrogens is 212 g/mol. The molecule has 1 aromatic heterocycles. The molecule has 0 amide bonds. The summed E-state index contributed by atoms with van der Waals surface area (Å²) in [5.41, 5.74) is 1.19. The molecule has 1 unspecified atom stereocenters. The highest BCUT2D eigenvalue weighted by molar-refractivity contribution is 5.74. The summed E-state index contributed by atoms with van der Waals surface area (Å²) >= 11 is 0. The number of nitrogens with zero attached hydrogens (tertiary/aromatic N) is 2. The van der Waals surface area contributed by atoms with E-state index in [0.717, 1.165) is 0 Å². The first-order valence-corrected chi connectivity index (χ1v) is 5.01. The minimum absolute atomic E-state index is 0.0155. The Morgan fingerprint density at radius 3 is 2.81 bits per heavy atom. The van der Waals surface area contributed by atoms with Crippen LogP contribution in [0.25, 0.3) is 0 Å². The van der Waals surface area contributed by atoms with Gasteiger partial charge in [0.2, 0.25) is 0 Å². The van der Waals surface area contributed by atoms with E-state index in [1.54, 1.807) is 24.9 Å². The van der Waals surface area contributed by atoms with Crippen LogP contribution in [0.15, 0.2) is 6.20 Å². The van der Waals surface area contributed by atoms with Gasteiger partial charge in [0, 0.05) is 25.4 Å². The Labute approximate surface area is 93.5 Å². The number of aromatic nitrogens is 2. The van der Waals surface area contributed by atoms with Gasteiger partial charge >= 0.3 is 5.97 Å². The number of aryl methyl sites for hydroxylation is 2. The van der Waals surface area contributed by atoms with E-state index in [9.17, 15) is 4.79 Å². The van der Waals surface area contributed by atoms with Crippen LogP contribution in [-0.4, -0.2) is 39.2 Å². The lowest BCUT2D eigenvalue weighted by Gasteiger charge is -2.12. The van der Waals surface area contributed by atoms with Gasteiger partial charge in [0.1, 0.15) is 0 Å². The Balaban J connectivity index is 2.77. The van der Waals surface area contributed by atoms with Crippen molar-refractivity contribution in [1.29, 1.82) is 0 Å². The molecule has 0 aliphatic rings. The molecule has 6 nitrogen and oxygen atoms in total. The van der Waals surface area contributed by atoms with Crippen LogP contribution in [0, 0.1) is 6.92 Å². The molecule has 0 spiro atoms. The number of aliphatic hydroxyl groups excluding tert-OH is 1. The maximum Gasteiger partial charge on any atom is 0.337 e. The van der Waals surface area contributed by atoms with Gasteiger partial charge in [-0.1, -0.05) is 0 Å². The van der Waals surface area contributed by atoms with E-state index >= 15 is 0 Å². The number of hydrogen-bond acceptors (Lipinski definition) is 4. The predicted octanol–water partition coefficient (Wildman–Crippen LogP) is 0.253. The van der Waals surface area contributed by atoms with Gasteiger partial charge in [-0.15, -0.1) is 0 Å². The molecule has 16 heavy (non-hydrogen) atoms. The summed E-state index contributed by atoms with van der Waals surface area (Å²) in [5, 5.41) is 21.7. The Morgan fingerprint density at radius 1 is 1.69 bits per heavy atom. The van der Waals surface area contributed by atoms with Crippen molar-refractivity contribution in [2.24, 2.45) is 7.05 Å². The monoisotopic (exact) mass is 228 g/mol.